The van der Waals surface area contributed by atoms with E-state index in [1.807, 2.05) is 54.6 Å². The van der Waals surface area contributed by atoms with E-state index < -0.39 is 0 Å². The molecule has 2 rings (SSSR count). The Balaban J connectivity index is 1.86. The van der Waals surface area contributed by atoms with Gasteiger partial charge in [0.15, 0.2) is 0 Å². The van der Waals surface area contributed by atoms with Crippen molar-refractivity contribution in [2.24, 2.45) is 10.9 Å². The maximum atomic E-state index is 8.45. The number of nitrogens with two attached hydrogens (primary N) is 1. The quantitative estimate of drug-likeness (QED) is 0.239. The standard InChI is InChI=1S/C16H19N3O2/c17-16(19-20)10-5-11-18-13-6-4-9-15(12-13)21-14-7-2-1-3-8-14/h1-4,6-9,12,18,20H,5,10-11H2,(H2,17,19). The van der Waals surface area contributed by atoms with Crippen molar-refractivity contribution in [1.82, 2.24) is 0 Å². The first kappa shape index (κ1) is 14.7. The van der Waals surface area contributed by atoms with E-state index in [0.717, 1.165) is 30.2 Å². The third kappa shape index (κ3) is 5.06. The summed E-state index contributed by atoms with van der Waals surface area (Å²) in [5.74, 6) is 1.84. The SMILES string of the molecule is NC(CCCNc1cccc(Oc2ccccc2)c1)=NO. The van der Waals surface area contributed by atoms with Crippen LogP contribution in [0.1, 0.15) is 12.8 Å². The predicted octanol–water partition coefficient (Wildman–Crippen LogP) is 3.42. The number of hydrogen-bond donors (Lipinski definition) is 3. The van der Waals surface area contributed by atoms with Gasteiger partial charge < -0.3 is 21.0 Å². The van der Waals surface area contributed by atoms with E-state index in [2.05, 4.69) is 10.5 Å². The van der Waals surface area contributed by atoms with Gasteiger partial charge in [-0.3, -0.25) is 0 Å². The molecule has 0 unspecified atom stereocenters. The maximum Gasteiger partial charge on any atom is 0.139 e. The van der Waals surface area contributed by atoms with Crippen LogP contribution in [0.4, 0.5) is 5.69 Å². The first-order valence-electron chi connectivity index (χ1n) is 6.81. The zero-order chi connectivity index (χ0) is 14.9. The molecule has 21 heavy (non-hydrogen) atoms. The summed E-state index contributed by atoms with van der Waals surface area (Å²) in [5, 5.41) is 14.7. The summed E-state index contributed by atoms with van der Waals surface area (Å²) in [4.78, 5) is 0. The van der Waals surface area contributed by atoms with Gasteiger partial charge in [-0.25, -0.2) is 0 Å². The fourth-order valence-corrected chi connectivity index (χ4v) is 1.85. The van der Waals surface area contributed by atoms with Gasteiger partial charge in [-0.2, -0.15) is 0 Å². The Labute approximate surface area is 124 Å². The lowest BCUT2D eigenvalue weighted by atomic mass is 10.2. The van der Waals surface area contributed by atoms with Gasteiger partial charge in [-0.1, -0.05) is 29.4 Å². The van der Waals surface area contributed by atoms with Crippen molar-refractivity contribution in [3.63, 3.8) is 0 Å². The van der Waals surface area contributed by atoms with Crippen molar-refractivity contribution < 1.29 is 9.94 Å². The van der Waals surface area contributed by atoms with Gasteiger partial charge >= 0.3 is 0 Å². The summed E-state index contributed by atoms with van der Waals surface area (Å²) in [6, 6.07) is 17.4. The van der Waals surface area contributed by atoms with E-state index in [1.54, 1.807) is 0 Å². The fraction of sp³-hybridized carbons (Fsp3) is 0.188. The number of ether oxygens (including phenoxy) is 1. The number of rotatable bonds is 7. The number of amidine groups is 1. The predicted molar refractivity (Wildman–Crippen MR) is 84.1 cm³/mol. The van der Waals surface area contributed by atoms with Crippen molar-refractivity contribution in [1.29, 1.82) is 0 Å². The van der Waals surface area contributed by atoms with E-state index >= 15 is 0 Å². The number of anilines is 1. The topological polar surface area (TPSA) is 79.9 Å². The molecule has 0 amide bonds. The summed E-state index contributed by atoms with van der Waals surface area (Å²) in [5.41, 5.74) is 6.39. The van der Waals surface area contributed by atoms with E-state index in [0.29, 0.717) is 6.42 Å². The molecule has 0 heterocycles. The Morgan fingerprint density at radius 1 is 1.10 bits per heavy atom. The van der Waals surface area contributed by atoms with Crippen LogP contribution in [0.3, 0.4) is 0 Å². The summed E-state index contributed by atoms with van der Waals surface area (Å²) in [6.45, 7) is 0.741. The minimum absolute atomic E-state index is 0.248. The van der Waals surface area contributed by atoms with Crippen LogP contribution >= 0.6 is 0 Å². The zero-order valence-electron chi connectivity index (χ0n) is 11.7. The Morgan fingerprint density at radius 3 is 2.62 bits per heavy atom. The molecule has 0 bridgehead atoms. The minimum atomic E-state index is 0.248. The molecule has 0 fully saturated rings. The number of nitrogens with one attached hydrogen (secondary N) is 1. The fourth-order valence-electron chi connectivity index (χ4n) is 1.85. The number of nitrogens with zero attached hydrogens (tertiary/aromatic N) is 1. The molecule has 0 saturated heterocycles. The molecule has 0 spiro atoms. The lowest BCUT2D eigenvalue weighted by Crippen LogP contribution is -2.13. The molecule has 4 N–H and O–H groups in total. The highest BCUT2D eigenvalue weighted by molar-refractivity contribution is 5.79. The molecule has 110 valence electrons. The van der Waals surface area contributed by atoms with Crippen LogP contribution in [0.25, 0.3) is 0 Å². The molecule has 0 aromatic heterocycles. The molecule has 2 aromatic rings. The van der Waals surface area contributed by atoms with Crippen LogP contribution in [-0.4, -0.2) is 17.6 Å². The van der Waals surface area contributed by atoms with Crippen LogP contribution in [0.5, 0.6) is 11.5 Å². The molecular weight excluding hydrogens is 266 g/mol. The monoisotopic (exact) mass is 285 g/mol. The van der Waals surface area contributed by atoms with Gasteiger partial charge in [-0.15, -0.1) is 0 Å². The first-order valence-corrected chi connectivity index (χ1v) is 6.81. The van der Waals surface area contributed by atoms with Crippen molar-refractivity contribution in [2.75, 3.05) is 11.9 Å². The first-order chi connectivity index (χ1) is 10.3. The number of hydrogen-bond acceptors (Lipinski definition) is 4. The van der Waals surface area contributed by atoms with E-state index in [4.69, 9.17) is 15.7 Å². The molecule has 5 nitrogen and oxygen atoms in total. The Bertz CT molecular complexity index is 585. The number of benzene rings is 2. The molecule has 0 aliphatic rings. The maximum absolute atomic E-state index is 8.45. The van der Waals surface area contributed by atoms with Crippen LogP contribution < -0.4 is 15.8 Å². The average Bonchev–Trinajstić information content (AvgIpc) is 2.52. The molecule has 0 aliphatic carbocycles. The van der Waals surface area contributed by atoms with Crippen LogP contribution in [0.15, 0.2) is 59.8 Å². The Kier molecular flexibility index (Phi) is 5.46. The number of oxime groups is 1. The summed E-state index contributed by atoms with van der Waals surface area (Å²) in [6.07, 6.45) is 1.35. The Hall–Kier alpha value is -2.69. The molecule has 5 heteroatoms. The van der Waals surface area contributed by atoms with Crippen LogP contribution in [0.2, 0.25) is 0 Å². The normalized spacial score (nSPS) is 11.1. The lowest BCUT2D eigenvalue weighted by molar-refractivity contribution is 0.316. The van der Waals surface area contributed by atoms with Crippen molar-refractivity contribution in [3.8, 4) is 11.5 Å². The van der Waals surface area contributed by atoms with E-state index in [-0.39, 0.29) is 5.84 Å². The van der Waals surface area contributed by atoms with Gasteiger partial charge in [-0.05, 0) is 30.7 Å². The van der Waals surface area contributed by atoms with Crippen molar-refractivity contribution >= 4 is 11.5 Å². The highest BCUT2D eigenvalue weighted by Crippen LogP contribution is 2.23. The molecule has 2 aromatic carbocycles. The zero-order valence-corrected chi connectivity index (χ0v) is 11.7. The van der Waals surface area contributed by atoms with Crippen molar-refractivity contribution in [2.45, 2.75) is 12.8 Å². The van der Waals surface area contributed by atoms with Gasteiger partial charge in [0, 0.05) is 24.7 Å². The molecule has 0 saturated carbocycles. The lowest BCUT2D eigenvalue weighted by Gasteiger charge is -2.09. The van der Waals surface area contributed by atoms with Crippen LogP contribution in [-0.2, 0) is 0 Å². The second-order valence-electron chi connectivity index (χ2n) is 4.56. The molecule has 0 aliphatic heterocycles. The molecular formula is C16H19N3O2. The second kappa shape index (κ2) is 7.79. The number of para-hydroxylation sites is 1. The largest absolute Gasteiger partial charge is 0.457 e. The van der Waals surface area contributed by atoms with Gasteiger partial charge in [0.25, 0.3) is 0 Å². The summed E-state index contributed by atoms with van der Waals surface area (Å²) in [7, 11) is 0. The highest BCUT2D eigenvalue weighted by atomic mass is 16.5. The third-order valence-electron chi connectivity index (χ3n) is 2.88. The van der Waals surface area contributed by atoms with Crippen LogP contribution in [0, 0.1) is 0 Å². The van der Waals surface area contributed by atoms with E-state index in [1.165, 1.54) is 0 Å². The minimum Gasteiger partial charge on any atom is -0.457 e. The van der Waals surface area contributed by atoms with Crippen molar-refractivity contribution in [3.05, 3.63) is 54.6 Å². The third-order valence-corrected chi connectivity index (χ3v) is 2.88. The van der Waals surface area contributed by atoms with E-state index in [9.17, 15) is 0 Å². The average molecular weight is 285 g/mol. The highest BCUT2D eigenvalue weighted by Gasteiger charge is 1.99. The summed E-state index contributed by atoms with van der Waals surface area (Å²) >= 11 is 0. The van der Waals surface area contributed by atoms with Gasteiger partial charge in [0.05, 0.1) is 0 Å². The molecule has 0 atom stereocenters. The summed E-state index contributed by atoms with van der Waals surface area (Å²) < 4.78 is 5.77. The smallest absolute Gasteiger partial charge is 0.139 e. The van der Waals surface area contributed by atoms with Gasteiger partial charge in [0.2, 0.25) is 0 Å². The van der Waals surface area contributed by atoms with Gasteiger partial charge in [0.1, 0.15) is 17.3 Å². The second-order valence-corrected chi connectivity index (χ2v) is 4.56. The molecule has 0 radical (unpaired) electrons. The Morgan fingerprint density at radius 2 is 1.86 bits per heavy atom.